The first-order valence-corrected chi connectivity index (χ1v) is 7.81. The van der Waals surface area contributed by atoms with Crippen LogP contribution in [0.2, 0.25) is 0 Å². The molecule has 110 valence electrons. The van der Waals surface area contributed by atoms with Gasteiger partial charge in [0.05, 0.1) is 6.04 Å². The molecule has 1 saturated heterocycles. The summed E-state index contributed by atoms with van der Waals surface area (Å²) in [6, 6.07) is 0.386. The zero-order chi connectivity index (χ0) is 14.1. The number of hydrogen-bond donors (Lipinski definition) is 2. The predicted molar refractivity (Wildman–Crippen MR) is 79.0 cm³/mol. The number of amides is 1. The van der Waals surface area contributed by atoms with E-state index in [1.807, 2.05) is 0 Å². The van der Waals surface area contributed by atoms with Crippen LogP contribution in [0.1, 0.15) is 66.2 Å². The van der Waals surface area contributed by atoms with E-state index in [-0.39, 0.29) is 11.9 Å². The van der Waals surface area contributed by atoms with Crippen LogP contribution < -0.4 is 10.6 Å². The molecule has 1 aliphatic heterocycles. The highest BCUT2D eigenvalue weighted by atomic mass is 16.2. The summed E-state index contributed by atoms with van der Waals surface area (Å²) >= 11 is 0. The fourth-order valence-corrected chi connectivity index (χ4v) is 4.33. The van der Waals surface area contributed by atoms with Gasteiger partial charge in [-0.05, 0) is 49.5 Å². The van der Waals surface area contributed by atoms with Crippen molar-refractivity contribution < 1.29 is 4.79 Å². The van der Waals surface area contributed by atoms with Crippen LogP contribution in [0.3, 0.4) is 0 Å². The Labute approximate surface area is 117 Å². The van der Waals surface area contributed by atoms with Crippen molar-refractivity contribution in [3.63, 3.8) is 0 Å². The van der Waals surface area contributed by atoms with Crippen molar-refractivity contribution in [3.8, 4) is 0 Å². The molecule has 19 heavy (non-hydrogen) atoms. The van der Waals surface area contributed by atoms with E-state index in [4.69, 9.17) is 0 Å². The van der Waals surface area contributed by atoms with Crippen LogP contribution in [0, 0.1) is 10.8 Å². The fourth-order valence-electron chi connectivity index (χ4n) is 4.33. The molecule has 1 heterocycles. The second kappa shape index (κ2) is 5.43. The Hall–Kier alpha value is -0.570. The van der Waals surface area contributed by atoms with E-state index in [0.717, 1.165) is 25.8 Å². The number of nitrogens with one attached hydrogen (secondary N) is 2. The smallest absolute Gasteiger partial charge is 0.237 e. The van der Waals surface area contributed by atoms with Gasteiger partial charge in [-0.15, -0.1) is 0 Å². The highest BCUT2D eigenvalue weighted by molar-refractivity contribution is 5.82. The zero-order valence-electron chi connectivity index (χ0n) is 13.0. The number of carbonyl (C=O) groups is 1. The monoisotopic (exact) mass is 266 g/mol. The zero-order valence-corrected chi connectivity index (χ0v) is 13.0. The quantitative estimate of drug-likeness (QED) is 0.807. The second-order valence-corrected chi connectivity index (χ2v) is 8.12. The van der Waals surface area contributed by atoms with Crippen LogP contribution in [0.4, 0.5) is 0 Å². The van der Waals surface area contributed by atoms with Crippen molar-refractivity contribution in [2.24, 2.45) is 10.8 Å². The van der Waals surface area contributed by atoms with E-state index < -0.39 is 0 Å². The molecule has 1 amide bonds. The third-order valence-electron chi connectivity index (χ3n) is 4.53. The Bertz CT molecular complexity index is 314. The molecule has 1 aliphatic carbocycles. The second-order valence-electron chi connectivity index (χ2n) is 8.12. The Balaban J connectivity index is 1.92. The van der Waals surface area contributed by atoms with Gasteiger partial charge in [0.15, 0.2) is 0 Å². The van der Waals surface area contributed by atoms with Gasteiger partial charge in [-0.25, -0.2) is 0 Å². The van der Waals surface area contributed by atoms with Crippen molar-refractivity contribution in [1.82, 2.24) is 10.6 Å². The summed E-state index contributed by atoms with van der Waals surface area (Å²) in [4.78, 5) is 12.3. The van der Waals surface area contributed by atoms with E-state index >= 15 is 0 Å². The summed E-state index contributed by atoms with van der Waals surface area (Å²) in [7, 11) is 0. The molecular weight excluding hydrogens is 236 g/mol. The van der Waals surface area contributed by atoms with Crippen LogP contribution in [-0.2, 0) is 4.79 Å². The van der Waals surface area contributed by atoms with Gasteiger partial charge in [-0.3, -0.25) is 4.79 Å². The minimum absolute atomic E-state index is 0.0434. The number of hydrogen-bond acceptors (Lipinski definition) is 2. The largest absolute Gasteiger partial charge is 0.352 e. The lowest BCUT2D eigenvalue weighted by atomic mass is 9.63. The lowest BCUT2D eigenvalue weighted by molar-refractivity contribution is -0.125. The van der Waals surface area contributed by atoms with Gasteiger partial charge in [0.25, 0.3) is 0 Å². The predicted octanol–water partition coefficient (Wildman–Crippen LogP) is 2.85. The van der Waals surface area contributed by atoms with Crippen molar-refractivity contribution in [2.75, 3.05) is 6.54 Å². The van der Waals surface area contributed by atoms with Gasteiger partial charge in [0.1, 0.15) is 0 Å². The standard InChI is InChI=1S/C16H30N2O/c1-15(2)9-12(10-16(3,4)11-15)18-14(19)13-7-5-6-8-17-13/h12-13,17H,5-11H2,1-4H3,(H,18,19). The third kappa shape index (κ3) is 4.20. The van der Waals surface area contributed by atoms with E-state index in [9.17, 15) is 4.79 Å². The third-order valence-corrected chi connectivity index (χ3v) is 4.53. The topological polar surface area (TPSA) is 41.1 Å². The molecule has 0 aromatic carbocycles. The van der Waals surface area contributed by atoms with Crippen LogP contribution >= 0.6 is 0 Å². The molecule has 2 aliphatic rings. The van der Waals surface area contributed by atoms with E-state index in [1.165, 1.54) is 19.3 Å². The molecule has 1 unspecified atom stereocenters. The number of rotatable bonds is 2. The van der Waals surface area contributed by atoms with Crippen LogP contribution in [0.15, 0.2) is 0 Å². The Kier molecular flexibility index (Phi) is 4.24. The van der Waals surface area contributed by atoms with Gasteiger partial charge in [-0.2, -0.15) is 0 Å². The minimum atomic E-state index is 0.0434. The first kappa shape index (κ1) is 14.8. The molecule has 1 saturated carbocycles. The summed E-state index contributed by atoms with van der Waals surface area (Å²) in [5.74, 6) is 0.221. The maximum atomic E-state index is 12.3. The first-order chi connectivity index (χ1) is 8.77. The van der Waals surface area contributed by atoms with Gasteiger partial charge < -0.3 is 10.6 Å². The summed E-state index contributed by atoms with van der Waals surface area (Å²) in [5.41, 5.74) is 0.666. The lowest BCUT2D eigenvalue weighted by Crippen LogP contribution is -2.52. The van der Waals surface area contributed by atoms with E-state index in [2.05, 4.69) is 38.3 Å². The maximum Gasteiger partial charge on any atom is 0.237 e. The van der Waals surface area contributed by atoms with Crippen LogP contribution in [-0.4, -0.2) is 24.5 Å². The van der Waals surface area contributed by atoms with E-state index in [0.29, 0.717) is 16.9 Å². The molecule has 2 rings (SSSR count). The Morgan fingerprint density at radius 1 is 1.11 bits per heavy atom. The highest BCUT2D eigenvalue weighted by Crippen LogP contribution is 2.45. The molecular formula is C16H30N2O. The van der Waals surface area contributed by atoms with Gasteiger partial charge in [0, 0.05) is 6.04 Å². The average molecular weight is 266 g/mol. The molecule has 0 aromatic rings. The summed E-state index contributed by atoms with van der Waals surface area (Å²) in [6.45, 7) is 10.3. The van der Waals surface area contributed by atoms with Crippen molar-refractivity contribution in [3.05, 3.63) is 0 Å². The highest BCUT2D eigenvalue weighted by Gasteiger charge is 2.39. The fraction of sp³-hybridized carbons (Fsp3) is 0.938. The number of carbonyl (C=O) groups excluding carboxylic acids is 1. The Morgan fingerprint density at radius 3 is 2.26 bits per heavy atom. The van der Waals surface area contributed by atoms with Crippen LogP contribution in [0.25, 0.3) is 0 Å². The molecule has 1 atom stereocenters. The molecule has 3 heteroatoms. The number of piperidine rings is 1. The van der Waals surface area contributed by atoms with Gasteiger partial charge in [-0.1, -0.05) is 34.1 Å². The maximum absolute atomic E-state index is 12.3. The normalized spacial score (nSPS) is 30.8. The van der Waals surface area contributed by atoms with Crippen molar-refractivity contribution >= 4 is 5.91 Å². The average Bonchev–Trinajstić information content (AvgIpc) is 2.25. The van der Waals surface area contributed by atoms with Crippen molar-refractivity contribution in [1.29, 1.82) is 0 Å². The molecule has 0 bridgehead atoms. The first-order valence-electron chi connectivity index (χ1n) is 7.81. The molecule has 3 nitrogen and oxygen atoms in total. The van der Waals surface area contributed by atoms with Crippen LogP contribution in [0.5, 0.6) is 0 Å². The molecule has 0 radical (unpaired) electrons. The summed E-state index contributed by atoms with van der Waals surface area (Å²) in [5, 5.41) is 6.64. The molecule has 2 fully saturated rings. The molecule has 0 spiro atoms. The Morgan fingerprint density at radius 2 is 1.74 bits per heavy atom. The minimum Gasteiger partial charge on any atom is -0.352 e. The molecule has 2 N–H and O–H groups in total. The van der Waals surface area contributed by atoms with Crippen molar-refractivity contribution in [2.45, 2.75) is 78.3 Å². The molecule has 0 aromatic heterocycles. The SMILES string of the molecule is CC1(C)CC(NC(=O)C2CCCCN2)CC(C)(C)C1. The lowest BCUT2D eigenvalue weighted by Gasteiger charge is -2.45. The summed E-state index contributed by atoms with van der Waals surface area (Å²) in [6.07, 6.45) is 6.82. The summed E-state index contributed by atoms with van der Waals surface area (Å²) < 4.78 is 0. The van der Waals surface area contributed by atoms with Gasteiger partial charge >= 0.3 is 0 Å². The van der Waals surface area contributed by atoms with E-state index in [1.54, 1.807) is 0 Å². The van der Waals surface area contributed by atoms with Gasteiger partial charge in [0.2, 0.25) is 5.91 Å².